The maximum Gasteiger partial charge on any atom is 0.251 e. The second-order valence-electron chi connectivity index (χ2n) is 6.41. The molecule has 2 aromatic rings. The molecule has 0 spiro atoms. The van der Waals surface area contributed by atoms with Crippen LogP contribution in [-0.4, -0.2) is 48.2 Å². The molecule has 142 valence electrons. The van der Waals surface area contributed by atoms with Gasteiger partial charge >= 0.3 is 0 Å². The van der Waals surface area contributed by atoms with E-state index in [-0.39, 0.29) is 17.7 Å². The van der Waals surface area contributed by atoms with Gasteiger partial charge in [0, 0.05) is 31.7 Å². The SMILES string of the molecule is O=C(NCCNC(=O)C1CCCN(c2ccc(Cl)nn2)C1)c1ccccc1. The summed E-state index contributed by atoms with van der Waals surface area (Å²) >= 11 is 5.78. The Morgan fingerprint density at radius 2 is 1.85 bits per heavy atom. The quantitative estimate of drug-likeness (QED) is 0.739. The summed E-state index contributed by atoms with van der Waals surface area (Å²) in [6.07, 6.45) is 1.74. The van der Waals surface area contributed by atoms with Crippen LogP contribution in [0, 0.1) is 5.92 Å². The molecule has 3 rings (SSSR count). The van der Waals surface area contributed by atoms with Gasteiger partial charge in [-0.05, 0) is 37.1 Å². The van der Waals surface area contributed by atoms with Crippen molar-refractivity contribution in [2.45, 2.75) is 12.8 Å². The van der Waals surface area contributed by atoms with E-state index in [1.165, 1.54) is 0 Å². The zero-order valence-corrected chi connectivity index (χ0v) is 15.7. The molecule has 2 heterocycles. The molecular formula is C19H22ClN5O2. The van der Waals surface area contributed by atoms with Crippen molar-refractivity contribution in [1.82, 2.24) is 20.8 Å². The maximum atomic E-state index is 12.4. The molecule has 0 saturated carbocycles. The monoisotopic (exact) mass is 387 g/mol. The number of hydrogen-bond donors (Lipinski definition) is 2. The summed E-state index contributed by atoms with van der Waals surface area (Å²) in [6.45, 7) is 2.22. The average molecular weight is 388 g/mol. The van der Waals surface area contributed by atoms with Gasteiger partial charge in [0.05, 0.1) is 5.92 Å². The first kappa shape index (κ1) is 19.1. The fraction of sp³-hybridized carbons (Fsp3) is 0.368. The zero-order valence-electron chi connectivity index (χ0n) is 14.9. The molecule has 0 aliphatic carbocycles. The average Bonchev–Trinajstić information content (AvgIpc) is 2.72. The minimum Gasteiger partial charge on any atom is -0.354 e. The van der Waals surface area contributed by atoms with Gasteiger partial charge in [0.1, 0.15) is 0 Å². The fourth-order valence-electron chi connectivity index (χ4n) is 3.07. The number of halogens is 1. The molecule has 1 aliphatic heterocycles. The second-order valence-corrected chi connectivity index (χ2v) is 6.80. The van der Waals surface area contributed by atoms with Crippen LogP contribution >= 0.6 is 11.6 Å². The van der Waals surface area contributed by atoms with Gasteiger partial charge in [0.25, 0.3) is 5.91 Å². The van der Waals surface area contributed by atoms with Crippen molar-refractivity contribution >= 4 is 29.2 Å². The Bertz CT molecular complexity index is 769. The highest BCUT2D eigenvalue weighted by Crippen LogP contribution is 2.21. The van der Waals surface area contributed by atoms with Crippen LogP contribution in [0.25, 0.3) is 0 Å². The number of rotatable bonds is 6. The third-order valence-corrected chi connectivity index (χ3v) is 4.68. The van der Waals surface area contributed by atoms with E-state index >= 15 is 0 Å². The van der Waals surface area contributed by atoms with Crippen molar-refractivity contribution in [3.63, 3.8) is 0 Å². The molecule has 7 nitrogen and oxygen atoms in total. The first-order chi connectivity index (χ1) is 13.1. The van der Waals surface area contributed by atoms with E-state index in [2.05, 4.69) is 20.8 Å². The molecule has 1 fully saturated rings. The van der Waals surface area contributed by atoms with Crippen LogP contribution in [0.4, 0.5) is 5.82 Å². The Kier molecular flexibility index (Phi) is 6.59. The normalized spacial score (nSPS) is 16.6. The van der Waals surface area contributed by atoms with E-state index in [1.54, 1.807) is 18.2 Å². The zero-order chi connectivity index (χ0) is 19.1. The molecule has 27 heavy (non-hydrogen) atoms. The van der Waals surface area contributed by atoms with Gasteiger partial charge in [-0.2, -0.15) is 0 Å². The van der Waals surface area contributed by atoms with E-state index in [0.717, 1.165) is 25.2 Å². The minimum absolute atomic E-state index is 0.00409. The summed E-state index contributed by atoms with van der Waals surface area (Å²) in [5.74, 6) is 0.471. The summed E-state index contributed by atoms with van der Waals surface area (Å²) in [7, 11) is 0. The molecule has 0 bridgehead atoms. The summed E-state index contributed by atoms with van der Waals surface area (Å²) in [5, 5.41) is 14.0. The fourth-order valence-corrected chi connectivity index (χ4v) is 3.18. The Hall–Kier alpha value is -2.67. The third-order valence-electron chi connectivity index (χ3n) is 4.48. The number of carbonyl (C=O) groups is 2. The molecule has 1 aromatic heterocycles. The van der Waals surface area contributed by atoms with Crippen LogP contribution in [0.1, 0.15) is 23.2 Å². The van der Waals surface area contributed by atoms with Crippen LogP contribution < -0.4 is 15.5 Å². The van der Waals surface area contributed by atoms with Gasteiger partial charge in [-0.1, -0.05) is 29.8 Å². The second kappa shape index (κ2) is 9.32. The highest BCUT2D eigenvalue weighted by atomic mass is 35.5. The van der Waals surface area contributed by atoms with Crippen molar-refractivity contribution in [2.75, 3.05) is 31.1 Å². The van der Waals surface area contributed by atoms with Crippen LogP contribution in [0.15, 0.2) is 42.5 Å². The van der Waals surface area contributed by atoms with Crippen LogP contribution in [0.3, 0.4) is 0 Å². The minimum atomic E-state index is -0.144. The number of benzene rings is 1. The van der Waals surface area contributed by atoms with Crippen LogP contribution in [0.2, 0.25) is 5.15 Å². The lowest BCUT2D eigenvalue weighted by molar-refractivity contribution is -0.125. The first-order valence-electron chi connectivity index (χ1n) is 8.98. The van der Waals surface area contributed by atoms with Gasteiger partial charge in [0.2, 0.25) is 5.91 Å². The maximum absolute atomic E-state index is 12.4. The largest absolute Gasteiger partial charge is 0.354 e. The first-order valence-corrected chi connectivity index (χ1v) is 9.36. The van der Waals surface area contributed by atoms with Gasteiger partial charge < -0.3 is 15.5 Å². The Morgan fingerprint density at radius 3 is 2.59 bits per heavy atom. The van der Waals surface area contributed by atoms with Crippen molar-refractivity contribution in [3.05, 3.63) is 53.2 Å². The van der Waals surface area contributed by atoms with Gasteiger partial charge in [0.15, 0.2) is 11.0 Å². The number of hydrogen-bond acceptors (Lipinski definition) is 5. The topological polar surface area (TPSA) is 87.2 Å². The summed E-state index contributed by atoms with van der Waals surface area (Å²) < 4.78 is 0. The molecule has 1 unspecified atom stereocenters. The van der Waals surface area contributed by atoms with Crippen molar-refractivity contribution in [2.24, 2.45) is 5.92 Å². The molecule has 8 heteroatoms. The molecule has 2 amide bonds. The lowest BCUT2D eigenvalue weighted by Gasteiger charge is -2.32. The van der Waals surface area contributed by atoms with Gasteiger partial charge in [-0.15, -0.1) is 10.2 Å². The molecule has 1 aromatic carbocycles. The smallest absolute Gasteiger partial charge is 0.251 e. The number of nitrogens with one attached hydrogen (secondary N) is 2. The van der Waals surface area contributed by atoms with Gasteiger partial charge in [-0.3, -0.25) is 9.59 Å². The van der Waals surface area contributed by atoms with E-state index in [9.17, 15) is 9.59 Å². The lowest BCUT2D eigenvalue weighted by atomic mass is 9.97. The highest BCUT2D eigenvalue weighted by molar-refractivity contribution is 6.29. The molecule has 0 radical (unpaired) electrons. The lowest BCUT2D eigenvalue weighted by Crippen LogP contribution is -2.45. The molecule has 1 saturated heterocycles. The van der Waals surface area contributed by atoms with Crippen molar-refractivity contribution < 1.29 is 9.59 Å². The molecule has 1 atom stereocenters. The Balaban J connectivity index is 1.42. The van der Waals surface area contributed by atoms with Gasteiger partial charge in [-0.25, -0.2) is 0 Å². The number of amides is 2. The third kappa shape index (κ3) is 5.40. The number of anilines is 1. The summed E-state index contributed by atoms with van der Waals surface area (Å²) in [6, 6.07) is 12.5. The number of carbonyl (C=O) groups excluding carboxylic acids is 2. The van der Waals surface area contributed by atoms with E-state index in [0.29, 0.717) is 30.4 Å². The summed E-state index contributed by atoms with van der Waals surface area (Å²) in [5.41, 5.74) is 0.607. The molecular weight excluding hydrogens is 366 g/mol. The Morgan fingerprint density at radius 1 is 1.07 bits per heavy atom. The molecule has 1 aliphatic rings. The Labute approximate surface area is 163 Å². The number of nitrogens with zero attached hydrogens (tertiary/aromatic N) is 3. The van der Waals surface area contributed by atoms with Crippen molar-refractivity contribution in [1.29, 1.82) is 0 Å². The summed E-state index contributed by atoms with van der Waals surface area (Å²) in [4.78, 5) is 26.4. The van der Waals surface area contributed by atoms with E-state index in [4.69, 9.17) is 11.6 Å². The van der Waals surface area contributed by atoms with Crippen LogP contribution in [-0.2, 0) is 4.79 Å². The number of aromatic nitrogens is 2. The van der Waals surface area contributed by atoms with Crippen molar-refractivity contribution in [3.8, 4) is 0 Å². The predicted molar refractivity (Wildman–Crippen MR) is 104 cm³/mol. The number of piperidine rings is 1. The van der Waals surface area contributed by atoms with E-state index < -0.39 is 0 Å². The predicted octanol–water partition coefficient (Wildman–Crippen LogP) is 1.89. The highest BCUT2D eigenvalue weighted by Gasteiger charge is 2.26. The van der Waals surface area contributed by atoms with Crippen LogP contribution in [0.5, 0.6) is 0 Å². The standard InChI is InChI=1S/C19H22ClN5O2/c20-16-8-9-17(24-23-16)25-12-4-7-15(13-25)19(27)22-11-10-21-18(26)14-5-2-1-3-6-14/h1-3,5-6,8-9,15H,4,7,10-13H2,(H,21,26)(H,22,27). The molecule has 2 N–H and O–H groups in total. The van der Waals surface area contributed by atoms with E-state index in [1.807, 2.05) is 29.2 Å².